The molecule has 2 heterocycles. The Balaban J connectivity index is 2.04. The summed E-state index contributed by atoms with van der Waals surface area (Å²) in [5.41, 5.74) is 1.21. The molecular weight excluding hydrogens is 282 g/mol. The maximum absolute atomic E-state index is 12.5. The second-order valence-corrected chi connectivity index (χ2v) is 6.33. The summed E-state index contributed by atoms with van der Waals surface area (Å²) in [7, 11) is 0. The van der Waals surface area contributed by atoms with Gasteiger partial charge in [0.1, 0.15) is 6.17 Å². The molecule has 21 heavy (non-hydrogen) atoms. The van der Waals surface area contributed by atoms with Crippen LogP contribution in [0.25, 0.3) is 0 Å². The maximum Gasteiger partial charge on any atom is 0.241 e. The molecule has 0 aromatic carbocycles. The molecule has 1 aliphatic heterocycles. The minimum Gasteiger partial charge on any atom is -0.320 e. The quantitative estimate of drug-likeness (QED) is 0.802. The number of rotatable bonds is 8. The fourth-order valence-electron chi connectivity index (χ4n) is 2.91. The van der Waals surface area contributed by atoms with E-state index >= 15 is 0 Å². The molecule has 1 aromatic rings. The summed E-state index contributed by atoms with van der Waals surface area (Å²) in [5, 5.41) is 7.70. The van der Waals surface area contributed by atoms with Crippen molar-refractivity contribution < 1.29 is 4.79 Å². The van der Waals surface area contributed by atoms with Gasteiger partial charge in [0.2, 0.25) is 5.91 Å². The van der Waals surface area contributed by atoms with Gasteiger partial charge in [-0.3, -0.25) is 10.1 Å². The van der Waals surface area contributed by atoms with Crippen LogP contribution in [-0.2, 0) is 4.79 Å². The molecule has 2 atom stereocenters. The number of amides is 1. The first-order chi connectivity index (χ1) is 10.2. The van der Waals surface area contributed by atoms with Crippen LogP contribution in [0.4, 0.5) is 0 Å². The van der Waals surface area contributed by atoms with Gasteiger partial charge in [-0.25, -0.2) is 0 Å². The lowest BCUT2D eigenvalue weighted by molar-refractivity contribution is -0.130. The lowest BCUT2D eigenvalue weighted by Crippen LogP contribution is -2.38. The SMILES string of the molecule is CCCN(CC)CCN1C(=O)C(CC)NC1c1ccsc1. The Morgan fingerprint density at radius 2 is 2.14 bits per heavy atom. The minimum absolute atomic E-state index is 0.0313. The van der Waals surface area contributed by atoms with Crippen LogP contribution in [-0.4, -0.2) is 47.9 Å². The van der Waals surface area contributed by atoms with Gasteiger partial charge in [-0.05, 0) is 48.3 Å². The standard InChI is InChI=1S/C16H27N3OS/c1-4-8-18(6-3)9-10-19-15(13-7-11-21-12-13)17-14(5-2)16(19)20/h7,11-12,14-15,17H,4-6,8-10H2,1-3H3. The molecule has 0 radical (unpaired) electrons. The van der Waals surface area contributed by atoms with E-state index in [9.17, 15) is 4.79 Å². The zero-order chi connectivity index (χ0) is 15.2. The van der Waals surface area contributed by atoms with Crippen LogP contribution in [0.1, 0.15) is 45.3 Å². The van der Waals surface area contributed by atoms with Crippen molar-refractivity contribution in [2.24, 2.45) is 0 Å². The lowest BCUT2D eigenvalue weighted by Gasteiger charge is -2.27. The summed E-state index contributed by atoms with van der Waals surface area (Å²) in [6.45, 7) is 10.4. The highest BCUT2D eigenvalue weighted by molar-refractivity contribution is 7.07. The molecule has 118 valence electrons. The third kappa shape index (κ3) is 3.84. The Labute approximate surface area is 132 Å². The smallest absolute Gasteiger partial charge is 0.241 e. The number of hydrogen-bond acceptors (Lipinski definition) is 4. The molecule has 0 saturated carbocycles. The van der Waals surface area contributed by atoms with E-state index in [0.717, 1.165) is 39.0 Å². The molecule has 2 rings (SSSR count). The van der Waals surface area contributed by atoms with Crippen LogP contribution >= 0.6 is 11.3 Å². The first-order valence-electron chi connectivity index (χ1n) is 8.02. The topological polar surface area (TPSA) is 35.6 Å². The van der Waals surface area contributed by atoms with Crippen molar-refractivity contribution in [2.45, 2.75) is 45.8 Å². The summed E-state index contributed by atoms with van der Waals surface area (Å²) in [6, 6.07) is 2.08. The highest BCUT2D eigenvalue weighted by atomic mass is 32.1. The van der Waals surface area contributed by atoms with Crippen molar-refractivity contribution >= 4 is 17.2 Å². The largest absolute Gasteiger partial charge is 0.320 e. The zero-order valence-electron chi connectivity index (χ0n) is 13.3. The van der Waals surface area contributed by atoms with E-state index in [1.807, 2.05) is 4.90 Å². The first-order valence-corrected chi connectivity index (χ1v) is 8.96. The Hall–Kier alpha value is -0.910. The number of nitrogens with one attached hydrogen (secondary N) is 1. The van der Waals surface area contributed by atoms with Crippen LogP contribution in [0, 0.1) is 0 Å². The van der Waals surface area contributed by atoms with Crippen molar-refractivity contribution in [3.63, 3.8) is 0 Å². The summed E-state index contributed by atoms with van der Waals surface area (Å²) < 4.78 is 0. The van der Waals surface area contributed by atoms with Gasteiger partial charge in [0.25, 0.3) is 0 Å². The predicted octanol–water partition coefficient (Wildman–Crippen LogP) is 2.69. The van der Waals surface area contributed by atoms with E-state index in [2.05, 4.69) is 47.8 Å². The van der Waals surface area contributed by atoms with Crippen molar-refractivity contribution in [1.29, 1.82) is 0 Å². The van der Waals surface area contributed by atoms with Gasteiger partial charge < -0.3 is 9.80 Å². The summed E-state index contributed by atoms with van der Waals surface area (Å²) in [6.07, 6.45) is 2.06. The van der Waals surface area contributed by atoms with Gasteiger partial charge in [-0.2, -0.15) is 11.3 Å². The van der Waals surface area contributed by atoms with Gasteiger partial charge in [0.15, 0.2) is 0 Å². The average molecular weight is 309 g/mol. The monoisotopic (exact) mass is 309 g/mol. The second-order valence-electron chi connectivity index (χ2n) is 5.55. The van der Waals surface area contributed by atoms with Crippen LogP contribution in [0.15, 0.2) is 16.8 Å². The molecule has 1 fully saturated rings. The fourth-order valence-corrected chi connectivity index (χ4v) is 3.59. The van der Waals surface area contributed by atoms with Crippen LogP contribution in [0.3, 0.4) is 0 Å². The van der Waals surface area contributed by atoms with Crippen LogP contribution in [0.2, 0.25) is 0 Å². The van der Waals surface area contributed by atoms with Gasteiger partial charge in [-0.15, -0.1) is 0 Å². The van der Waals surface area contributed by atoms with E-state index < -0.39 is 0 Å². The van der Waals surface area contributed by atoms with E-state index in [1.165, 1.54) is 5.56 Å². The molecule has 1 amide bonds. The van der Waals surface area contributed by atoms with E-state index in [-0.39, 0.29) is 18.1 Å². The molecule has 1 saturated heterocycles. The van der Waals surface area contributed by atoms with Crippen molar-refractivity contribution in [1.82, 2.24) is 15.1 Å². The summed E-state index contributed by atoms with van der Waals surface area (Å²) >= 11 is 1.69. The number of likely N-dealkylation sites (N-methyl/N-ethyl adjacent to an activating group) is 1. The molecule has 1 N–H and O–H groups in total. The van der Waals surface area contributed by atoms with E-state index in [4.69, 9.17) is 0 Å². The molecular formula is C16H27N3OS. The highest BCUT2D eigenvalue weighted by Crippen LogP contribution is 2.27. The second kappa shape index (κ2) is 7.92. The number of carbonyl (C=O) groups is 1. The van der Waals surface area contributed by atoms with Crippen LogP contribution in [0.5, 0.6) is 0 Å². The summed E-state index contributed by atoms with van der Waals surface area (Å²) in [5.74, 6) is 0.251. The Bertz CT molecular complexity index is 435. The molecule has 0 bridgehead atoms. The molecule has 1 aromatic heterocycles. The molecule has 0 spiro atoms. The molecule has 2 unspecified atom stereocenters. The number of hydrogen-bond donors (Lipinski definition) is 1. The van der Waals surface area contributed by atoms with Crippen molar-refractivity contribution in [3.8, 4) is 0 Å². The van der Waals surface area contributed by atoms with Crippen LogP contribution < -0.4 is 5.32 Å². The normalized spacial score (nSPS) is 22.5. The predicted molar refractivity (Wildman–Crippen MR) is 88.4 cm³/mol. The fraction of sp³-hybridized carbons (Fsp3) is 0.688. The Morgan fingerprint density at radius 3 is 2.71 bits per heavy atom. The third-order valence-electron chi connectivity index (χ3n) is 4.16. The van der Waals surface area contributed by atoms with Gasteiger partial charge in [-0.1, -0.05) is 20.8 Å². The summed E-state index contributed by atoms with van der Waals surface area (Å²) in [4.78, 5) is 17.0. The Morgan fingerprint density at radius 1 is 1.33 bits per heavy atom. The van der Waals surface area contributed by atoms with Gasteiger partial charge in [0, 0.05) is 13.1 Å². The Kier molecular flexibility index (Phi) is 6.21. The molecule has 1 aliphatic rings. The first kappa shape index (κ1) is 16.5. The molecule has 4 nitrogen and oxygen atoms in total. The number of thiophene rings is 1. The third-order valence-corrected chi connectivity index (χ3v) is 4.86. The molecule has 0 aliphatic carbocycles. The van der Waals surface area contributed by atoms with Gasteiger partial charge >= 0.3 is 0 Å². The minimum atomic E-state index is -0.0313. The maximum atomic E-state index is 12.5. The zero-order valence-corrected chi connectivity index (χ0v) is 14.2. The number of nitrogens with zero attached hydrogens (tertiary/aromatic N) is 2. The lowest BCUT2D eigenvalue weighted by atomic mass is 10.2. The van der Waals surface area contributed by atoms with E-state index in [1.54, 1.807) is 11.3 Å². The highest BCUT2D eigenvalue weighted by Gasteiger charge is 2.38. The number of carbonyl (C=O) groups excluding carboxylic acids is 1. The van der Waals surface area contributed by atoms with Crippen molar-refractivity contribution in [2.75, 3.05) is 26.2 Å². The van der Waals surface area contributed by atoms with Crippen molar-refractivity contribution in [3.05, 3.63) is 22.4 Å². The average Bonchev–Trinajstić information content (AvgIpc) is 3.11. The van der Waals surface area contributed by atoms with E-state index in [0.29, 0.717) is 0 Å². The van der Waals surface area contributed by atoms with Gasteiger partial charge in [0.05, 0.1) is 6.04 Å². The molecule has 5 heteroatoms.